The summed E-state index contributed by atoms with van der Waals surface area (Å²) >= 11 is 0. The average Bonchev–Trinajstić information content (AvgIpc) is 3.15. The van der Waals surface area contributed by atoms with E-state index in [4.69, 9.17) is 4.74 Å². The lowest BCUT2D eigenvalue weighted by atomic mass is 9.97. The molecule has 164 valence electrons. The van der Waals surface area contributed by atoms with Crippen molar-refractivity contribution >= 4 is 16.9 Å². The zero-order chi connectivity index (χ0) is 22.8. The number of carboxylic acids is 1. The van der Waals surface area contributed by atoms with E-state index < -0.39 is 5.97 Å². The maximum absolute atomic E-state index is 12.0. The van der Waals surface area contributed by atoms with E-state index in [1.807, 2.05) is 30.3 Å². The third kappa shape index (κ3) is 4.01. The van der Waals surface area contributed by atoms with Crippen LogP contribution in [0, 0.1) is 27.7 Å². The molecule has 0 unspecified atom stereocenters. The minimum atomic E-state index is -0.932. The molecule has 0 amide bonds. The molecule has 0 aliphatic carbocycles. The minimum absolute atomic E-state index is 0.268. The molecule has 0 saturated heterocycles. The van der Waals surface area contributed by atoms with E-state index in [-0.39, 0.29) is 5.69 Å². The molecule has 0 bridgehead atoms. The third-order valence-corrected chi connectivity index (χ3v) is 6.28. The summed E-state index contributed by atoms with van der Waals surface area (Å²) in [4.78, 5) is 15.2. The van der Waals surface area contributed by atoms with Crippen LogP contribution < -0.4 is 4.74 Å². The molecule has 1 aromatic heterocycles. The van der Waals surface area contributed by atoms with E-state index in [1.165, 1.54) is 5.56 Å². The maximum atomic E-state index is 12.0. The number of benzene rings is 3. The SMILES string of the molecule is Cc1ccccc1-c1cccc2c(CCCOc3c(C)ccc(C)c3C)c(C(=O)O)[nH]c12. The van der Waals surface area contributed by atoms with Crippen LogP contribution in [0.4, 0.5) is 0 Å². The number of nitrogens with one attached hydrogen (secondary N) is 1. The summed E-state index contributed by atoms with van der Waals surface area (Å²) in [5.41, 5.74) is 8.76. The van der Waals surface area contributed by atoms with Crippen molar-refractivity contribution < 1.29 is 14.6 Å². The Morgan fingerprint density at radius 2 is 1.59 bits per heavy atom. The molecule has 0 radical (unpaired) electrons. The normalized spacial score (nSPS) is 11.1. The number of aryl methyl sites for hydroxylation is 4. The number of carboxylic acid groups (broad SMARTS) is 1. The van der Waals surface area contributed by atoms with Crippen LogP contribution in [-0.2, 0) is 6.42 Å². The second kappa shape index (κ2) is 8.91. The zero-order valence-electron chi connectivity index (χ0n) is 19.1. The summed E-state index contributed by atoms with van der Waals surface area (Å²) < 4.78 is 6.11. The minimum Gasteiger partial charge on any atom is -0.493 e. The van der Waals surface area contributed by atoms with Crippen molar-refractivity contribution in [2.45, 2.75) is 40.5 Å². The van der Waals surface area contributed by atoms with Crippen LogP contribution in [0.25, 0.3) is 22.0 Å². The Morgan fingerprint density at radius 1 is 0.875 bits per heavy atom. The number of rotatable bonds is 7. The molecule has 0 aliphatic rings. The maximum Gasteiger partial charge on any atom is 0.352 e. The van der Waals surface area contributed by atoms with Gasteiger partial charge in [0.1, 0.15) is 11.4 Å². The van der Waals surface area contributed by atoms with Crippen molar-refractivity contribution in [3.8, 4) is 16.9 Å². The lowest BCUT2D eigenvalue weighted by Gasteiger charge is -2.14. The van der Waals surface area contributed by atoms with Crippen molar-refractivity contribution in [2.24, 2.45) is 0 Å². The van der Waals surface area contributed by atoms with Crippen molar-refractivity contribution in [1.82, 2.24) is 4.98 Å². The third-order valence-electron chi connectivity index (χ3n) is 6.28. The molecule has 0 spiro atoms. The van der Waals surface area contributed by atoms with Gasteiger partial charge in [-0.25, -0.2) is 4.79 Å². The molecule has 4 heteroatoms. The molecule has 0 atom stereocenters. The number of H-pyrrole nitrogens is 1. The number of para-hydroxylation sites is 1. The summed E-state index contributed by atoms with van der Waals surface area (Å²) in [5, 5.41) is 10.8. The van der Waals surface area contributed by atoms with Crippen LogP contribution in [0.15, 0.2) is 54.6 Å². The van der Waals surface area contributed by atoms with Gasteiger partial charge in [-0.15, -0.1) is 0 Å². The molecule has 0 saturated carbocycles. The first-order chi connectivity index (χ1) is 15.4. The number of carbonyl (C=O) groups is 1. The van der Waals surface area contributed by atoms with E-state index >= 15 is 0 Å². The van der Waals surface area contributed by atoms with E-state index in [0.29, 0.717) is 13.0 Å². The summed E-state index contributed by atoms with van der Waals surface area (Å²) in [5.74, 6) is 0.00227. The monoisotopic (exact) mass is 427 g/mol. The van der Waals surface area contributed by atoms with Crippen molar-refractivity contribution in [1.29, 1.82) is 0 Å². The number of fused-ring (bicyclic) bond motifs is 1. The second-order valence-electron chi connectivity index (χ2n) is 8.43. The second-order valence-corrected chi connectivity index (χ2v) is 8.43. The van der Waals surface area contributed by atoms with Crippen LogP contribution >= 0.6 is 0 Å². The number of ether oxygens (including phenoxy) is 1. The van der Waals surface area contributed by atoms with Crippen molar-refractivity contribution in [3.63, 3.8) is 0 Å². The fraction of sp³-hybridized carbons (Fsp3) is 0.250. The number of aromatic carboxylic acids is 1. The topological polar surface area (TPSA) is 62.3 Å². The first kappa shape index (κ1) is 21.7. The quantitative estimate of drug-likeness (QED) is 0.320. The van der Waals surface area contributed by atoms with Gasteiger partial charge in [-0.05, 0) is 73.9 Å². The summed E-state index contributed by atoms with van der Waals surface area (Å²) in [7, 11) is 0. The van der Waals surface area contributed by atoms with Gasteiger partial charge < -0.3 is 14.8 Å². The molecule has 4 nitrogen and oxygen atoms in total. The lowest BCUT2D eigenvalue weighted by Crippen LogP contribution is -2.05. The Balaban J connectivity index is 1.62. The largest absolute Gasteiger partial charge is 0.493 e. The molecule has 32 heavy (non-hydrogen) atoms. The Kier molecular flexibility index (Phi) is 6.04. The lowest BCUT2D eigenvalue weighted by molar-refractivity contribution is 0.0690. The molecule has 0 fully saturated rings. The predicted molar refractivity (Wildman–Crippen MR) is 130 cm³/mol. The fourth-order valence-electron chi connectivity index (χ4n) is 4.39. The Hall–Kier alpha value is -3.53. The van der Waals surface area contributed by atoms with Gasteiger partial charge in [0.05, 0.1) is 12.1 Å². The number of hydrogen-bond acceptors (Lipinski definition) is 2. The van der Waals surface area contributed by atoms with Crippen LogP contribution in [0.3, 0.4) is 0 Å². The van der Waals surface area contributed by atoms with Crippen molar-refractivity contribution in [2.75, 3.05) is 6.61 Å². The Morgan fingerprint density at radius 3 is 2.34 bits per heavy atom. The molecular formula is C28H29NO3. The van der Waals surface area contributed by atoms with Gasteiger partial charge in [-0.3, -0.25) is 0 Å². The summed E-state index contributed by atoms with van der Waals surface area (Å²) in [6.45, 7) is 8.82. The number of aromatic nitrogens is 1. The van der Waals surface area contributed by atoms with Crippen LogP contribution in [0.1, 0.15) is 44.7 Å². The molecule has 1 heterocycles. The molecule has 3 aromatic carbocycles. The highest BCUT2D eigenvalue weighted by atomic mass is 16.5. The van der Waals surface area contributed by atoms with Crippen LogP contribution in [0.2, 0.25) is 0 Å². The first-order valence-corrected chi connectivity index (χ1v) is 11.0. The first-order valence-electron chi connectivity index (χ1n) is 11.0. The summed E-state index contributed by atoms with van der Waals surface area (Å²) in [6, 6.07) is 18.4. The predicted octanol–water partition coefficient (Wildman–Crippen LogP) is 6.78. The van der Waals surface area contributed by atoms with Crippen molar-refractivity contribution in [3.05, 3.63) is 88.1 Å². The molecule has 4 rings (SSSR count). The van der Waals surface area contributed by atoms with E-state index in [0.717, 1.165) is 56.5 Å². The van der Waals surface area contributed by atoms with Gasteiger partial charge in [-0.1, -0.05) is 54.6 Å². The van der Waals surface area contributed by atoms with Gasteiger partial charge in [-0.2, -0.15) is 0 Å². The van der Waals surface area contributed by atoms with Gasteiger partial charge in [0, 0.05) is 10.9 Å². The average molecular weight is 428 g/mol. The molecule has 2 N–H and O–H groups in total. The highest BCUT2D eigenvalue weighted by molar-refractivity contribution is 6.03. The fourth-order valence-corrected chi connectivity index (χ4v) is 4.39. The molecule has 4 aromatic rings. The Labute approximate surface area is 188 Å². The van der Waals surface area contributed by atoms with Gasteiger partial charge >= 0.3 is 5.97 Å². The molecular weight excluding hydrogens is 398 g/mol. The van der Waals surface area contributed by atoms with Gasteiger partial charge in [0.15, 0.2) is 0 Å². The number of hydrogen-bond donors (Lipinski definition) is 2. The van der Waals surface area contributed by atoms with E-state index in [1.54, 1.807) is 0 Å². The Bertz CT molecular complexity index is 1300. The molecule has 0 aliphatic heterocycles. The van der Waals surface area contributed by atoms with Gasteiger partial charge in [0.2, 0.25) is 0 Å². The van der Waals surface area contributed by atoms with Gasteiger partial charge in [0.25, 0.3) is 0 Å². The standard InChI is InChI=1S/C28H29NO3/c1-17-14-15-19(3)27(20(17)4)32-16-8-13-24-23-12-7-11-22(21-10-6-5-9-18(21)2)25(23)29-26(24)28(30)31/h5-7,9-12,14-15,29H,8,13,16H2,1-4H3,(H,30,31). The highest BCUT2D eigenvalue weighted by Crippen LogP contribution is 2.34. The smallest absolute Gasteiger partial charge is 0.352 e. The zero-order valence-corrected chi connectivity index (χ0v) is 19.1. The van der Waals surface area contributed by atoms with E-state index in [9.17, 15) is 9.90 Å². The van der Waals surface area contributed by atoms with E-state index in [2.05, 4.69) is 56.9 Å². The highest BCUT2D eigenvalue weighted by Gasteiger charge is 2.19. The summed E-state index contributed by atoms with van der Waals surface area (Å²) in [6.07, 6.45) is 1.36. The van der Waals surface area contributed by atoms with Crippen LogP contribution in [0.5, 0.6) is 5.75 Å². The van der Waals surface area contributed by atoms with Crippen LogP contribution in [-0.4, -0.2) is 22.7 Å². The number of aromatic amines is 1.